The second-order valence-electron chi connectivity index (χ2n) is 5.36. The number of carbonyl (C=O) groups is 1. The SMILES string of the molecule is CC(/C=C\C(=N)/C=C/c1ccco1)C(=O)c1ccccc1OC(F)(F)F. The number of rotatable bonds is 7. The number of para-hydroxylation sites is 1. The van der Waals surface area contributed by atoms with Gasteiger partial charge in [-0.05, 0) is 42.5 Å². The van der Waals surface area contributed by atoms with Gasteiger partial charge < -0.3 is 14.6 Å². The van der Waals surface area contributed by atoms with Crippen LogP contribution in [0.3, 0.4) is 0 Å². The fourth-order valence-electron chi connectivity index (χ4n) is 2.08. The zero-order valence-electron chi connectivity index (χ0n) is 13.8. The van der Waals surface area contributed by atoms with Crippen molar-refractivity contribution in [2.75, 3.05) is 0 Å². The number of halogens is 3. The first-order valence-corrected chi connectivity index (χ1v) is 7.63. The van der Waals surface area contributed by atoms with Gasteiger partial charge >= 0.3 is 6.36 Å². The summed E-state index contributed by atoms with van der Waals surface area (Å²) < 4.78 is 46.3. The normalized spacial score (nSPS) is 13.2. The Morgan fingerprint density at radius 1 is 1.19 bits per heavy atom. The predicted octanol–water partition coefficient (Wildman–Crippen LogP) is 5.29. The van der Waals surface area contributed by atoms with Crippen molar-refractivity contribution >= 4 is 17.6 Å². The van der Waals surface area contributed by atoms with Gasteiger partial charge in [0.05, 0.1) is 17.5 Å². The minimum absolute atomic E-state index is 0.112. The van der Waals surface area contributed by atoms with Crippen molar-refractivity contribution in [1.82, 2.24) is 0 Å². The van der Waals surface area contributed by atoms with Crippen molar-refractivity contribution in [3.8, 4) is 5.75 Å². The summed E-state index contributed by atoms with van der Waals surface area (Å²) >= 11 is 0. The second-order valence-corrected chi connectivity index (χ2v) is 5.36. The fraction of sp³-hybridized carbons (Fsp3) is 0.158. The molecule has 0 aliphatic rings. The summed E-state index contributed by atoms with van der Waals surface area (Å²) in [5, 5.41) is 7.79. The van der Waals surface area contributed by atoms with Crippen LogP contribution in [0.25, 0.3) is 6.08 Å². The minimum Gasteiger partial charge on any atom is -0.465 e. The number of ether oxygens (including phenoxy) is 1. The van der Waals surface area contributed by atoms with Crippen molar-refractivity contribution in [3.05, 3.63) is 72.2 Å². The number of hydrogen-bond donors (Lipinski definition) is 1. The molecule has 0 bridgehead atoms. The Bertz CT molecular complexity index is 821. The van der Waals surface area contributed by atoms with Gasteiger partial charge in [0, 0.05) is 5.92 Å². The average molecular weight is 363 g/mol. The number of benzene rings is 1. The average Bonchev–Trinajstić information content (AvgIpc) is 3.10. The molecule has 1 aromatic carbocycles. The van der Waals surface area contributed by atoms with Crippen molar-refractivity contribution < 1.29 is 27.1 Å². The van der Waals surface area contributed by atoms with Gasteiger partial charge in [-0.15, -0.1) is 13.2 Å². The van der Waals surface area contributed by atoms with E-state index in [2.05, 4.69) is 4.74 Å². The molecule has 0 amide bonds. The third kappa shape index (κ3) is 5.77. The van der Waals surface area contributed by atoms with Crippen LogP contribution < -0.4 is 4.74 Å². The molecule has 0 aliphatic carbocycles. The summed E-state index contributed by atoms with van der Waals surface area (Å²) in [5.74, 6) is -1.24. The molecule has 1 N–H and O–H groups in total. The highest BCUT2D eigenvalue weighted by Crippen LogP contribution is 2.28. The monoisotopic (exact) mass is 363 g/mol. The van der Waals surface area contributed by atoms with Crippen molar-refractivity contribution in [2.45, 2.75) is 13.3 Å². The van der Waals surface area contributed by atoms with E-state index < -0.39 is 23.8 Å². The van der Waals surface area contributed by atoms with Crippen LogP contribution in [-0.4, -0.2) is 17.9 Å². The quantitative estimate of drug-likeness (QED) is 0.537. The Balaban J connectivity index is 2.06. The Hall–Kier alpha value is -3.09. The van der Waals surface area contributed by atoms with Crippen LogP contribution in [0.1, 0.15) is 23.0 Å². The Kier molecular flexibility index (Phi) is 6.16. The van der Waals surface area contributed by atoms with Crippen molar-refractivity contribution in [2.24, 2.45) is 5.92 Å². The molecule has 136 valence electrons. The highest BCUT2D eigenvalue weighted by molar-refractivity contribution is 6.05. The van der Waals surface area contributed by atoms with Crippen LogP contribution in [0.15, 0.2) is 65.3 Å². The van der Waals surface area contributed by atoms with Gasteiger partial charge in [-0.2, -0.15) is 0 Å². The van der Waals surface area contributed by atoms with E-state index in [4.69, 9.17) is 9.83 Å². The number of carbonyl (C=O) groups excluding carboxylic acids is 1. The van der Waals surface area contributed by atoms with Gasteiger partial charge in [0.15, 0.2) is 5.78 Å². The maximum atomic E-state index is 12.5. The van der Waals surface area contributed by atoms with E-state index in [1.165, 1.54) is 49.6 Å². The lowest BCUT2D eigenvalue weighted by Crippen LogP contribution is -2.20. The predicted molar refractivity (Wildman–Crippen MR) is 91.2 cm³/mol. The van der Waals surface area contributed by atoms with Crippen molar-refractivity contribution in [3.63, 3.8) is 0 Å². The molecule has 2 aromatic rings. The molecule has 0 saturated heterocycles. The topological polar surface area (TPSA) is 63.3 Å². The van der Waals surface area contributed by atoms with Gasteiger partial charge in [-0.3, -0.25) is 4.79 Å². The molecular weight excluding hydrogens is 347 g/mol. The molecule has 1 aromatic heterocycles. The highest BCUT2D eigenvalue weighted by atomic mass is 19.4. The van der Waals surface area contributed by atoms with E-state index in [0.29, 0.717) is 5.76 Å². The number of nitrogens with one attached hydrogen (secondary N) is 1. The van der Waals surface area contributed by atoms with Crippen LogP contribution in [-0.2, 0) is 0 Å². The van der Waals surface area contributed by atoms with Crippen LogP contribution in [0.5, 0.6) is 5.75 Å². The molecule has 7 heteroatoms. The zero-order chi connectivity index (χ0) is 19.2. The van der Waals surface area contributed by atoms with Crippen molar-refractivity contribution in [1.29, 1.82) is 5.41 Å². The molecule has 1 unspecified atom stereocenters. The summed E-state index contributed by atoms with van der Waals surface area (Å²) in [6.07, 6.45) is 2.53. The van der Waals surface area contributed by atoms with Gasteiger partial charge in [0.25, 0.3) is 0 Å². The lowest BCUT2D eigenvalue weighted by atomic mass is 9.97. The maximum absolute atomic E-state index is 12.5. The first kappa shape index (κ1) is 19.2. The summed E-state index contributed by atoms with van der Waals surface area (Å²) in [6.45, 7) is 1.53. The summed E-state index contributed by atoms with van der Waals surface area (Å²) in [6, 6.07) is 8.60. The summed E-state index contributed by atoms with van der Waals surface area (Å²) in [4.78, 5) is 12.4. The van der Waals surface area contributed by atoms with Gasteiger partial charge in [0.1, 0.15) is 11.5 Å². The van der Waals surface area contributed by atoms with Crippen LogP contribution >= 0.6 is 0 Å². The molecule has 1 atom stereocenters. The summed E-state index contributed by atoms with van der Waals surface area (Å²) in [7, 11) is 0. The van der Waals surface area contributed by atoms with E-state index in [0.717, 1.165) is 6.07 Å². The van der Waals surface area contributed by atoms with Gasteiger partial charge in [0.2, 0.25) is 0 Å². The van der Waals surface area contributed by atoms with E-state index >= 15 is 0 Å². The lowest BCUT2D eigenvalue weighted by molar-refractivity contribution is -0.274. The van der Waals surface area contributed by atoms with Crippen LogP contribution in [0, 0.1) is 11.3 Å². The van der Waals surface area contributed by atoms with E-state index in [-0.39, 0.29) is 11.3 Å². The van der Waals surface area contributed by atoms with E-state index in [1.54, 1.807) is 18.2 Å². The second kappa shape index (κ2) is 8.33. The van der Waals surface area contributed by atoms with E-state index in [9.17, 15) is 18.0 Å². The molecule has 0 spiro atoms. The molecule has 0 radical (unpaired) electrons. The third-order valence-corrected chi connectivity index (χ3v) is 3.33. The van der Waals surface area contributed by atoms with Gasteiger partial charge in [-0.25, -0.2) is 0 Å². The number of ketones is 1. The standard InChI is InChI=1S/C19H16F3NO3/c1-13(8-9-14(23)10-11-15-5-4-12-25-15)18(24)16-6-2-3-7-17(16)26-19(20,21)22/h2-13,23H,1H3/b9-8-,11-10+,23-14?. The zero-order valence-corrected chi connectivity index (χ0v) is 13.8. The third-order valence-electron chi connectivity index (χ3n) is 3.33. The molecule has 0 saturated carbocycles. The first-order valence-electron chi connectivity index (χ1n) is 7.63. The largest absolute Gasteiger partial charge is 0.573 e. The molecule has 26 heavy (non-hydrogen) atoms. The minimum atomic E-state index is -4.88. The fourth-order valence-corrected chi connectivity index (χ4v) is 2.08. The smallest absolute Gasteiger partial charge is 0.465 e. The number of furan rings is 1. The maximum Gasteiger partial charge on any atom is 0.573 e. The number of hydrogen-bond acceptors (Lipinski definition) is 4. The number of Topliss-reactive ketones (excluding diaryl/α,β-unsaturated/α-hetero) is 1. The Morgan fingerprint density at radius 2 is 1.92 bits per heavy atom. The number of allylic oxidation sites excluding steroid dienone is 3. The Morgan fingerprint density at radius 3 is 2.58 bits per heavy atom. The highest BCUT2D eigenvalue weighted by Gasteiger charge is 2.33. The van der Waals surface area contributed by atoms with Crippen LogP contribution in [0.2, 0.25) is 0 Å². The van der Waals surface area contributed by atoms with Crippen LogP contribution in [0.4, 0.5) is 13.2 Å². The molecule has 1 heterocycles. The molecule has 0 fully saturated rings. The first-order chi connectivity index (χ1) is 12.3. The summed E-state index contributed by atoms with van der Waals surface area (Å²) in [5.41, 5.74) is -0.0551. The molecule has 2 rings (SSSR count). The molecule has 0 aliphatic heterocycles. The number of alkyl halides is 3. The molecular formula is C19H16F3NO3. The molecule has 4 nitrogen and oxygen atoms in total. The Labute approximate surface area is 148 Å². The lowest BCUT2D eigenvalue weighted by Gasteiger charge is -2.13. The van der Waals surface area contributed by atoms with E-state index in [1.807, 2.05) is 0 Å². The van der Waals surface area contributed by atoms with Gasteiger partial charge in [-0.1, -0.05) is 25.1 Å².